The molecule has 2 heterocycles. The number of phenolic OH excluding ortho intramolecular Hbond substituents is 1. The molecule has 25 heavy (non-hydrogen) atoms. The Morgan fingerprint density at radius 2 is 2.04 bits per heavy atom. The van der Waals surface area contributed by atoms with Gasteiger partial charge in [0.15, 0.2) is 5.17 Å². The summed E-state index contributed by atoms with van der Waals surface area (Å²) in [5, 5.41) is 13.9. The molecule has 0 aliphatic carbocycles. The summed E-state index contributed by atoms with van der Waals surface area (Å²) in [6.45, 7) is 0. The van der Waals surface area contributed by atoms with Crippen LogP contribution in [-0.2, 0) is 11.8 Å². The van der Waals surface area contributed by atoms with Crippen LogP contribution in [0.25, 0.3) is 17.0 Å². The van der Waals surface area contributed by atoms with Gasteiger partial charge in [-0.05, 0) is 36.0 Å². The lowest BCUT2D eigenvalue weighted by Gasteiger charge is -1.96. The van der Waals surface area contributed by atoms with E-state index in [4.69, 9.17) is 0 Å². The van der Waals surface area contributed by atoms with Crippen LogP contribution in [0.4, 0.5) is 5.69 Å². The molecule has 1 aromatic heterocycles. The first-order chi connectivity index (χ1) is 12.1. The zero-order chi connectivity index (χ0) is 17.4. The highest BCUT2D eigenvalue weighted by atomic mass is 32.2. The van der Waals surface area contributed by atoms with E-state index < -0.39 is 0 Å². The summed E-state index contributed by atoms with van der Waals surface area (Å²) in [6.07, 6.45) is 3.89. The second-order valence-corrected chi connectivity index (χ2v) is 6.74. The molecular weight excluding hydrogens is 334 g/mol. The van der Waals surface area contributed by atoms with E-state index in [0.29, 0.717) is 15.8 Å². The number of hydrogen-bond donors (Lipinski definition) is 2. The van der Waals surface area contributed by atoms with Crippen LogP contribution in [-0.4, -0.2) is 20.7 Å². The molecule has 0 spiro atoms. The Kier molecular flexibility index (Phi) is 3.82. The summed E-state index contributed by atoms with van der Waals surface area (Å²) in [6, 6.07) is 14.7. The average molecular weight is 349 g/mol. The van der Waals surface area contributed by atoms with Gasteiger partial charge in [-0.2, -0.15) is 0 Å². The number of fused-ring (bicyclic) bond motifs is 1. The maximum Gasteiger partial charge on any atom is 0.264 e. The van der Waals surface area contributed by atoms with Crippen molar-refractivity contribution in [3.05, 3.63) is 65.2 Å². The lowest BCUT2D eigenvalue weighted by molar-refractivity contribution is -0.115. The zero-order valence-corrected chi connectivity index (χ0v) is 14.2. The van der Waals surface area contributed by atoms with E-state index in [0.717, 1.165) is 16.5 Å². The number of aromatic hydroxyl groups is 1. The van der Waals surface area contributed by atoms with E-state index in [1.807, 2.05) is 48.2 Å². The van der Waals surface area contributed by atoms with Crippen molar-refractivity contribution in [2.24, 2.45) is 12.0 Å². The SMILES string of the molecule is Cn1cc(/C=C2\SC(=Nc3cccc(O)c3)NC2=O)c2ccccc21. The number of carbonyl (C=O) groups is 1. The number of thioether (sulfide) groups is 1. The highest BCUT2D eigenvalue weighted by molar-refractivity contribution is 8.18. The van der Waals surface area contributed by atoms with Gasteiger partial charge in [-0.1, -0.05) is 24.3 Å². The van der Waals surface area contributed by atoms with Crippen molar-refractivity contribution in [1.82, 2.24) is 9.88 Å². The van der Waals surface area contributed by atoms with Gasteiger partial charge in [0.1, 0.15) is 5.75 Å². The fraction of sp³-hybridized carbons (Fsp3) is 0.0526. The Hall–Kier alpha value is -2.99. The highest BCUT2D eigenvalue weighted by Gasteiger charge is 2.24. The summed E-state index contributed by atoms with van der Waals surface area (Å²) in [7, 11) is 1.99. The third-order valence-electron chi connectivity index (χ3n) is 3.93. The Labute approximate surface area is 148 Å². The number of amidine groups is 1. The molecule has 1 fully saturated rings. The highest BCUT2D eigenvalue weighted by Crippen LogP contribution is 2.31. The van der Waals surface area contributed by atoms with Crippen molar-refractivity contribution in [3.63, 3.8) is 0 Å². The lowest BCUT2D eigenvalue weighted by atomic mass is 10.1. The van der Waals surface area contributed by atoms with Gasteiger partial charge in [0.25, 0.3) is 5.91 Å². The van der Waals surface area contributed by atoms with Crippen LogP contribution >= 0.6 is 11.8 Å². The lowest BCUT2D eigenvalue weighted by Crippen LogP contribution is -2.19. The van der Waals surface area contributed by atoms with Gasteiger partial charge in [0.05, 0.1) is 10.6 Å². The van der Waals surface area contributed by atoms with Gasteiger partial charge in [0, 0.05) is 35.8 Å². The molecule has 0 saturated carbocycles. The summed E-state index contributed by atoms with van der Waals surface area (Å²) in [4.78, 5) is 17.2. The largest absolute Gasteiger partial charge is 0.508 e. The second kappa shape index (κ2) is 6.14. The molecular formula is C19H15N3O2S. The molecule has 0 bridgehead atoms. The Morgan fingerprint density at radius 3 is 2.88 bits per heavy atom. The maximum absolute atomic E-state index is 12.3. The molecule has 5 nitrogen and oxygen atoms in total. The number of hydrogen-bond acceptors (Lipinski definition) is 4. The minimum Gasteiger partial charge on any atom is -0.508 e. The van der Waals surface area contributed by atoms with E-state index in [1.165, 1.54) is 11.8 Å². The molecule has 1 saturated heterocycles. The monoisotopic (exact) mass is 349 g/mol. The van der Waals surface area contributed by atoms with E-state index in [-0.39, 0.29) is 11.7 Å². The summed E-state index contributed by atoms with van der Waals surface area (Å²) >= 11 is 1.29. The first-order valence-electron chi connectivity index (χ1n) is 7.73. The van der Waals surface area contributed by atoms with E-state index >= 15 is 0 Å². The van der Waals surface area contributed by atoms with E-state index in [9.17, 15) is 9.90 Å². The predicted molar refractivity (Wildman–Crippen MR) is 102 cm³/mol. The number of aryl methyl sites for hydroxylation is 1. The minimum atomic E-state index is -0.170. The number of carbonyl (C=O) groups excluding carboxylic acids is 1. The molecule has 6 heteroatoms. The maximum atomic E-state index is 12.3. The van der Waals surface area contributed by atoms with Crippen LogP contribution in [0.5, 0.6) is 5.75 Å². The number of aliphatic imine (C=N–C) groups is 1. The van der Waals surface area contributed by atoms with Crippen molar-refractivity contribution in [2.75, 3.05) is 0 Å². The topological polar surface area (TPSA) is 66.6 Å². The average Bonchev–Trinajstić information content (AvgIpc) is 3.09. The van der Waals surface area contributed by atoms with Gasteiger partial charge < -0.3 is 15.0 Å². The van der Waals surface area contributed by atoms with Crippen LogP contribution in [0.15, 0.2) is 64.6 Å². The molecule has 0 unspecified atom stereocenters. The summed E-state index contributed by atoms with van der Waals surface area (Å²) in [5.41, 5.74) is 2.70. The standard InChI is InChI=1S/C19H15N3O2S/c1-22-11-12(15-7-2-3-8-16(15)22)9-17-18(24)21-19(25-17)20-13-5-4-6-14(23)10-13/h2-11,23H,1H3,(H,20,21,24)/b17-9-. The Bertz CT molecular complexity index is 1050. The minimum absolute atomic E-state index is 0.141. The normalized spacial score (nSPS) is 17.6. The fourth-order valence-corrected chi connectivity index (χ4v) is 3.62. The van der Waals surface area contributed by atoms with Crippen LogP contribution in [0, 0.1) is 0 Å². The molecule has 0 radical (unpaired) electrons. The van der Waals surface area contributed by atoms with Gasteiger partial charge >= 0.3 is 0 Å². The van der Waals surface area contributed by atoms with Crippen LogP contribution in [0.2, 0.25) is 0 Å². The van der Waals surface area contributed by atoms with Gasteiger partial charge in [-0.3, -0.25) is 4.79 Å². The van der Waals surface area contributed by atoms with Crippen molar-refractivity contribution in [3.8, 4) is 5.75 Å². The first kappa shape index (κ1) is 15.5. The molecule has 2 N–H and O–H groups in total. The van der Waals surface area contributed by atoms with Gasteiger partial charge in [-0.25, -0.2) is 4.99 Å². The van der Waals surface area contributed by atoms with E-state index in [1.54, 1.807) is 24.3 Å². The zero-order valence-electron chi connectivity index (χ0n) is 13.4. The number of nitrogens with one attached hydrogen (secondary N) is 1. The third-order valence-corrected chi connectivity index (χ3v) is 4.84. The van der Waals surface area contributed by atoms with Crippen LogP contribution in [0.1, 0.15) is 5.56 Å². The smallest absolute Gasteiger partial charge is 0.264 e. The predicted octanol–water partition coefficient (Wildman–Crippen LogP) is 3.78. The summed E-state index contributed by atoms with van der Waals surface area (Å²) in [5.74, 6) is -0.0282. The quantitative estimate of drug-likeness (QED) is 0.692. The van der Waals surface area contributed by atoms with Crippen molar-refractivity contribution in [1.29, 1.82) is 0 Å². The molecule has 124 valence electrons. The van der Waals surface area contributed by atoms with Gasteiger partial charge in [-0.15, -0.1) is 0 Å². The molecule has 1 amide bonds. The third kappa shape index (κ3) is 3.04. The molecule has 0 atom stereocenters. The van der Waals surface area contributed by atoms with Crippen molar-refractivity contribution in [2.45, 2.75) is 0 Å². The second-order valence-electron chi connectivity index (χ2n) is 5.71. The molecule has 3 aromatic rings. The number of phenols is 1. The van der Waals surface area contributed by atoms with Gasteiger partial charge in [0.2, 0.25) is 0 Å². The summed E-state index contributed by atoms with van der Waals surface area (Å²) < 4.78 is 2.04. The van der Waals surface area contributed by atoms with E-state index in [2.05, 4.69) is 10.3 Å². The van der Waals surface area contributed by atoms with Crippen molar-refractivity contribution < 1.29 is 9.90 Å². The number of rotatable bonds is 2. The van der Waals surface area contributed by atoms with Crippen LogP contribution < -0.4 is 5.32 Å². The molecule has 2 aromatic carbocycles. The molecule has 1 aliphatic heterocycles. The Morgan fingerprint density at radius 1 is 1.20 bits per heavy atom. The fourth-order valence-electron chi connectivity index (χ4n) is 2.79. The number of nitrogens with zero attached hydrogens (tertiary/aromatic N) is 2. The van der Waals surface area contributed by atoms with Crippen LogP contribution in [0.3, 0.4) is 0 Å². The number of amides is 1. The first-order valence-corrected chi connectivity index (χ1v) is 8.54. The number of para-hydroxylation sites is 1. The number of benzene rings is 2. The number of aromatic nitrogens is 1. The van der Waals surface area contributed by atoms with Crippen molar-refractivity contribution >= 4 is 45.5 Å². The Balaban J connectivity index is 1.67. The molecule has 4 rings (SSSR count). The molecule has 1 aliphatic rings.